The molecule has 2 unspecified atom stereocenters. The van der Waals surface area contributed by atoms with Crippen LogP contribution in [0.5, 0.6) is 0 Å². The minimum atomic E-state index is 0.280. The van der Waals surface area contributed by atoms with E-state index in [0.29, 0.717) is 18.0 Å². The molecule has 2 fully saturated rings. The zero-order valence-corrected chi connectivity index (χ0v) is 12.2. The van der Waals surface area contributed by atoms with Gasteiger partial charge in [-0.15, -0.1) is 0 Å². The number of anilines is 2. The van der Waals surface area contributed by atoms with Crippen molar-refractivity contribution >= 4 is 11.6 Å². The van der Waals surface area contributed by atoms with Gasteiger partial charge in [0.1, 0.15) is 17.5 Å². The molecule has 0 bridgehead atoms. The Balaban J connectivity index is 1.93. The van der Waals surface area contributed by atoms with Crippen molar-refractivity contribution < 1.29 is 4.74 Å². The Hall–Kier alpha value is -1.40. The summed E-state index contributed by atoms with van der Waals surface area (Å²) >= 11 is 0. The summed E-state index contributed by atoms with van der Waals surface area (Å²) in [7, 11) is 0. The lowest BCUT2D eigenvalue weighted by atomic mass is 10.1. The number of hydrazine groups is 1. The predicted octanol–water partition coefficient (Wildman–Crippen LogP) is 1.64. The Bertz CT molecular complexity index is 479. The van der Waals surface area contributed by atoms with Crippen LogP contribution < -0.4 is 16.2 Å². The van der Waals surface area contributed by atoms with Crippen LogP contribution in [-0.4, -0.2) is 35.3 Å². The molecule has 1 aliphatic carbocycles. The summed E-state index contributed by atoms with van der Waals surface area (Å²) in [4.78, 5) is 11.5. The highest BCUT2D eigenvalue weighted by molar-refractivity contribution is 5.50. The molecule has 110 valence electrons. The van der Waals surface area contributed by atoms with Crippen molar-refractivity contribution in [3.63, 3.8) is 0 Å². The van der Waals surface area contributed by atoms with Gasteiger partial charge in [0, 0.05) is 18.5 Å². The molecule has 0 spiro atoms. The van der Waals surface area contributed by atoms with Gasteiger partial charge in [-0.25, -0.2) is 15.8 Å². The Labute approximate surface area is 119 Å². The summed E-state index contributed by atoms with van der Waals surface area (Å²) in [5.41, 5.74) is 2.65. The van der Waals surface area contributed by atoms with Crippen molar-refractivity contribution in [2.75, 3.05) is 23.5 Å². The molecule has 3 rings (SSSR count). The van der Waals surface area contributed by atoms with Crippen LogP contribution in [0.1, 0.15) is 44.9 Å². The molecule has 2 atom stereocenters. The number of nitrogens with one attached hydrogen (secondary N) is 1. The van der Waals surface area contributed by atoms with E-state index < -0.39 is 0 Å². The van der Waals surface area contributed by atoms with Crippen molar-refractivity contribution in [2.45, 2.75) is 51.2 Å². The number of aromatic nitrogens is 2. The quantitative estimate of drug-likeness (QED) is 0.646. The van der Waals surface area contributed by atoms with E-state index in [2.05, 4.69) is 29.2 Å². The molecule has 1 aromatic heterocycles. The Morgan fingerprint density at radius 1 is 1.40 bits per heavy atom. The second-order valence-corrected chi connectivity index (χ2v) is 5.87. The zero-order chi connectivity index (χ0) is 14.1. The van der Waals surface area contributed by atoms with Crippen molar-refractivity contribution in [2.24, 2.45) is 5.84 Å². The predicted molar refractivity (Wildman–Crippen MR) is 78.7 cm³/mol. The summed E-state index contributed by atoms with van der Waals surface area (Å²) in [6.45, 7) is 5.85. The summed E-state index contributed by atoms with van der Waals surface area (Å²) < 4.78 is 5.86. The van der Waals surface area contributed by atoms with Crippen LogP contribution in [-0.2, 0) is 4.74 Å². The van der Waals surface area contributed by atoms with Gasteiger partial charge in [-0.1, -0.05) is 13.8 Å². The molecule has 0 aromatic carbocycles. The maximum Gasteiger partial charge on any atom is 0.145 e. The van der Waals surface area contributed by atoms with Crippen LogP contribution in [0.3, 0.4) is 0 Å². The number of ether oxygens (including phenoxy) is 1. The van der Waals surface area contributed by atoms with Crippen molar-refractivity contribution in [3.05, 3.63) is 11.9 Å². The third-order valence-electron chi connectivity index (χ3n) is 4.17. The minimum Gasteiger partial charge on any atom is -0.374 e. The molecule has 0 amide bonds. The Morgan fingerprint density at radius 3 is 3.00 bits per heavy atom. The fourth-order valence-electron chi connectivity index (χ4n) is 3.14. The zero-order valence-electron chi connectivity index (χ0n) is 12.2. The van der Waals surface area contributed by atoms with Crippen LogP contribution in [0.2, 0.25) is 0 Å². The molecule has 1 aromatic rings. The van der Waals surface area contributed by atoms with Crippen LogP contribution in [0.4, 0.5) is 11.6 Å². The number of nitrogen functional groups attached to an aromatic ring is 1. The fraction of sp³-hybridized carbons (Fsp3) is 0.714. The lowest BCUT2D eigenvalue weighted by Crippen LogP contribution is -2.49. The Kier molecular flexibility index (Phi) is 3.76. The van der Waals surface area contributed by atoms with Crippen molar-refractivity contribution in [1.82, 2.24) is 9.97 Å². The van der Waals surface area contributed by atoms with Gasteiger partial charge < -0.3 is 15.1 Å². The van der Waals surface area contributed by atoms with E-state index in [-0.39, 0.29) is 5.92 Å². The van der Waals surface area contributed by atoms with Gasteiger partial charge in [-0.05, 0) is 19.3 Å². The molecular formula is C14H23N5O. The monoisotopic (exact) mass is 277 g/mol. The standard InChI is InChI=1S/C14H23N5O/c1-9(2)14-16-12(18-15)8-13(17-14)19-6-7-20-11-5-3-4-10(11)19/h8-11H,3-7,15H2,1-2H3,(H,16,17,18). The summed E-state index contributed by atoms with van der Waals surface area (Å²) in [6, 6.07) is 2.39. The van der Waals surface area contributed by atoms with Gasteiger partial charge >= 0.3 is 0 Å². The number of rotatable bonds is 3. The number of morpholine rings is 1. The van der Waals surface area contributed by atoms with Crippen LogP contribution >= 0.6 is 0 Å². The first-order valence-electron chi connectivity index (χ1n) is 7.43. The SMILES string of the molecule is CC(C)c1nc(NN)cc(N2CCOC3CCCC32)n1. The number of nitrogens with two attached hydrogens (primary N) is 1. The highest BCUT2D eigenvalue weighted by Gasteiger charge is 2.37. The highest BCUT2D eigenvalue weighted by atomic mass is 16.5. The molecule has 6 nitrogen and oxygen atoms in total. The molecule has 1 saturated carbocycles. The molecular weight excluding hydrogens is 254 g/mol. The smallest absolute Gasteiger partial charge is 0.145 e. The molecule has 1 saturated heterocycles. The molecule has 2 heterocycles. The van der Waals surface area contributed by atoms with E-state index in [0.717, 1.165) is 31.2 Å². The van der Waals surface area contributed by atoms with E-state index >= 15 is 0 Å². The molecule has 20 heavy (non-hydrogen) atoms. The molecule has 6 heteroatoms. The van der Waals surface area contributed by atoms with E-state index in [1.807, 2.05) is 6.07 Å². The molecule has 2 aliphatic rings. The average molecular weight is 277 g/mol. The lowest BCUT2D eigenvalue weighted by molar-refractivity contribution is 0.0253. The van der Waals surface area contributed by atoms with Crippen LogP contribution in [0.25, 0.3) is 0 Å². The van der Waals surface area contributed by atoms with Gasteiger partial charge in [0.05, 0.1) is 18.8 Å². The number of nitrogens with zero attached hydrogens (tertiary/aromatic N) is 3. The summed E-state index contributed by atoms with van der Waals surface area (Å²) in [6.07, 6.45) is 3.92. The third kappa shape index (κ3) is 2.45. The maximum absolute atomic E-state index is 5.86. The van der Waals surface area contributed by atoms with Crippen LogP contribution in [0.15, 0.2) is 6.07 Å². The fourth-order valence-corrected chi connectivity index (χ4v) is 3.14. The topological polar surface area (TPSA) is 76.3 Å². The average Bonchev–Trinajstić information content (AvgIpc) is 2.94. The summed E-state index contributed by atoms with van der Waals surface area (Å²) in [5, 5.41) is 0. The van der Waals surface area contributed by atoms with Gasteiger partial charge in [0.2, 0.25) is 0 Å². The van der Waals surface area contributed by atoms with Crippen LogP contribution in [0, 0.1) is 0 Å². The second kappa shape index (κ2) is 5.54. The number of hydrogen-bond donors (Lipinski definition) is 2. The normalized spacial score (nSPS) is 25.9. The van der Waals surface area contributed by atoms with E-state index in [9.17, 15) is 0 Å². The van der Waals surface area contributed by atoms with Gasteiger partial charge in [-0.3, -0.25) is 0 Å². The van der Waals surface area contributed by atoms with Gasteiger partial charge in [0.25, 0.3) is 0 Å². The Morgan fingerprint density at radius 2 is 2.25 bits per heavy atom. The third-order valence-corrected chi connectivity index (χ3v) is 4.17. The number of fused-ring (bicyclic) bond motifs is 1. The van der Waals surface area contributed by atoms with Crippen molar-refractivity contribution in [3.8, 4) is 0 Å². The first kappa shape index (κ1) is 13.6. The maximum atomic E-state index is 5.86. The molecule has 3 N–H and O–H groups in total. The van der Waals surface area contributed by atoms with E-state index in [4.69, 9.17) is 15.6 Å². The lowest BCUT2D eigenvalue weighted by Gasteiger charge is -2.38. The van der Waals surface area contributed by atoms with Crippen molar-refractivity contribution in [1.29, 1.82) is 0 Å². The van der Waals surface area contributed by atoms with E-state index in [1.165, 1.54) is 12.8 Å². The largest absolute Gasteiger partial charge is 0.374 e. The first-order chi connectivity index (χ1) is 9.69. The number of hydrogen-bond acceptors (Lipinski definition) is 6. The molecule has 0 radical (unpaired) electrons. The van der Waals surface area contributed by atoms with E-state index in [1.54, 1.807) is 0 Å². The first-order valence-corrected chi connectivity index (χ1v) is 7.43. The minimum absolute atomic E-state index is 0.280. The highest BCUT2D eigenvalue weighted by Crippen LogP contribution is 2.33. The molecule has 1 aliphatic heterocycles. The second-order valence-electron chi connectivity index (χ2n) is 5.87. The van der Waals surface area contributed by atoms with Gasteiger partial charge in [0.15, 0.2) is 0 Å². The van der Waals surface area contributed by atoms with Gasteiger partial charge in [-0.2, -0.15) is 0 Å². The summed E-state index contributed by atoms with van der Waals surface area (Å²) in [5.74, 6) is 8.30.